The maximum atomic E-state index is 11.9. The van der Waals surface area contributed by atoms with Crippen LogP contribution in [0, 0.1) is 11.8 Å². The quantitative estimate of drug-likeness (QED) is 0.709. The van der Waals surface area contributed by atoms with E-state index < -0.39 is 0 Å². The first-order valence-electron chi connectivity index (χ1n) is 9.78. The molecule has 1 aromatic carbocycles. The van der Waals surface area contributed by atoms with Crippen LogP contribution in [0.15, 0.2) is 24.3 Å². The van der Waals surface area contributed by atoms with Gasteiger partial charge in [0.1, 0.15) is 5.75 Å². The van der Waals surface area contributed by atoms with Crippen LogP contribution in [0.25, 0.3) is 0 Å². The highest BCUT2D eigenvalue weighted by molar-refractivity contribution is 5.84. The highest BCUT2D eigenvalue weighted by Gasteiger charge is 2.17. The molecule has 0 aliphatic heterocycles. The third kappa shape index (κ3) is 7.89. The van der Waals surface area contributed by atoms with Crippen molar-refractivity contribution in [1.82, 2.24) is 10.6 Å². The molecule has 1 fully saturated rings. The van der Waals surface area contributed by atoms with E-state index in [9.17, 15) is 9.59 Å². The van der Waals surface area contributed by atoms with Crippen LogP contribution in [0.1, 0.15) is 57.9 Å². The van der Waals surface area contributed by atoms with Crippen molar-refractivity contribution in [1.29, 1.82) is 0 Å². The second kappa shape index (κ2) is 10.8. The first-order chi connectivity index (χ1) is 12.5. The zero-order valence-corrected chi connectivity index (χ0v) is 16.1. The Bertz CT molecular complexity index is 563. The molecule has 0 heterocycles. The van der Waals surface area contributed by atoms with Gasteiger partial charge in [-0.3, -0.25) is 9.59 Å². The molecule has 1 saturated carbocycles. The SMILES string of the molecule is CC(C)COc1ccc(CNC(=O)CNC(=O)CC2CCCCC2)cc1. The van der Waals surface area contributed by atoms with Crippen molar-refractivity contribution in [3.8, 4) is 5.75 Å². The Balaban J connectivity index is 1.62. The van der Waals surface area contributed by atoms with Crippen LogP contribution in [0.5, 0.6) is 5.75 Å². The zero-order chi connectivity index (χ0) is 18.8. The summed E-state index contributed by atoms with van der Waals surface area (Å²) in [7, 11) is 0. The summed E-state index contributed by atoms with van der Waals surface area (Å²) in [5, 5.41) is 5.56. The Morgan fingerprint density at radius 1 is 1.04 bits per heavy atom. The normalized spacial score (nSPS) is 14.9. The van der Waals surface area contributed by atoms with Gasteiger partial charge in [0.05, 0.1) is 13.2 Å². The minimum Gasteiger partial charge on any atom is -0.493 e. The van der Waals surface area contributed by atoms with E-state index in [-0.39, 0.29) is 18.4 Å². The molecule has 0 aromatic heterocycles. The highest BCUT2D eigenvalue weighted by atomic mass is 16.5. The lowest BCUT2D eigenvalue weighted by Crippen LogP contribution is -2.37. The molecular weight excluding hydrogens is 328 g/mol. The standard InChI is InChI=1S/C21H32N2O3/c1-16(2)15-26-19-10-8-18(9-11-19)13-22-21(25)14-23-20(24)12-17-6-4-3-5-7-17/h8-11,16-17H,3-7,12-15H2,1-2H3,(H,22,25)(H,23,24). The van der Waals surface area contributed by atoms with Crippen molar-refractivity contribution in [2.45, 2.75) is 58.9 Å². The number of hydrogen-bond acceptors (Lipinski definition) is 3. The maximum absolute atomic E-state index is 11.9. The largest absolute Gasteiger partial charge is 0.493 e. The van der Waals surface area contributed by atoms with Crippen LogP contribution >= 0.6 is 0 Å². The number of carbonyl (C=O) groups excluding carboxylic acids is 2. The monoisotopic (exact) mass is 360 g/mol. The highest BCUT2D eigenvalue weighted by Crippen LogP contribution is 2.25. The third-order valence-corrected chi connectivity index (χ3v) is 4.64. The number of amides is 2. The van der Waals surface area contributed by atoms with Gasteiger partial charge in [-0.05, 0) is 42.4 Å². The second-order valence-electron chi connectivity index (χ2n) is 7.61. The summed E-state index contributed by atoms with van der Waals surface area (Å²) in [6.45, 7) is 5.40. The fraction of sp³-hybridized carbons (Fsp3) is 0.619. The first kappa shape index (κ1) is 20.3. The molecule has 1 aliphatic rings. The molecule has 0 unspecified atom stereocenters. The van der Waals surface area contributed by atoms with Gasteiger partial charge in [-0.1, -0.05) is 45.2 Å². The minimum atomic E-state index is -0.165. The van der Waals surface area contributed by atoms with Crippen LogP contribution in [-0.2, 0) is 16.1 Å². The van der Waals surface area contributed by atoms with E-state index in [1.54, 1.807) is 0 Å². The Hall–Kier alpha value is -2.04. The smallest absolute Gasteiger partial charge is 0.239 e. The van der Waals surface area contributed by atoms with Crippen molar-refractivity contribution in [3.63, 3.8) is 0 Å². The van der Waals surface area contributed by atoms with Gasteiger partial charge in [-0.2, -0.15) is 0 Å². The third-order valence-electron chi connectivity index (χ3n) is 4.64. The number of nitrogens with one attached hydrogen (secondary N) is 2. The van der Waals surface area contributed by atoms with Crippen LogP contribution in [0.2, 0.25) is 0 Å². The molecule has 144 valence electrons. The fourth-order valence-corrected chi connectivity index (χ4v) is 3.13. The number of hydrogen-bond donors (Lipinski definition) is 2. The molecule has 0 radical (unpaired) electrons. The molecule has 5 heteroatoms. The van der Waals surface area contributed by atoms with Gasteiger partial charge in [0.15, 0.2) is 0 Å². The van der Waals surface area contributed by atoms with Crippen molar-refractivity contribution < 1.29 is 14.3 Å². The van der Waals surface area contributed by atoms with Crippen LogP contribution in [0.4, 0.5) is 0 Å². The number of ether oxygens (including phenoxy) is 1. The summed E-state index contributed by atoms with van der Waals surface area (Å²) in [4.78, 5) is 23.8. The van der Waals surface area contributed by atoms with E-state index in [0.717, 1.165) is 24.2 Å². The Labute approximate surface area is 156 Å². The van der Waals surface area contributed by atoms with Gasteiger partial charge in [0, 0.05) is 13.0 Å². The minimum absolute atomic E-state index is 0.0151. The number of carbonyl (C=O) groups is 2. The summed E-state index contributed by atoms with van der Waals surface area (Å²) in [5.41, 5.74) is 1.00. The van der Waals surface area contributed by atoms with Gasteiger partial charge in [0.25, 0.3) is 0 Å². The molecule has 5 nitrogen and oxygen atoms in total. The maximum Gasteiger partial charge on any atom is 0.239 e. The van der Waals surface area contributed by atoms with Gasteiger partial charge in [0.2, 0.25) is 11.8 Å². The molecule has 2 rings (SSSR count). The Kier molecular flexibility index (Phi) is 8.45. The molecule has 26 heavy (non-hydrogen) atoms. The van der Waals surface area contributed by atoms with Gasteiger partial charge in [-0.15, -0.1) is 0 Å². The van der Waals surface area contributed by atoms with E-state index >= 15 is 0 Å². The van der Waals surface area contributed by atoms with E-state index in [4.69, 9.17) is 4.74 Å². The molecule has 1 aliphatic carbocycles. The fourth-order valence-electron chi connectivity index (χ4n) is 3.13. The number of benzene rings is 1. The molecule has 0 spiro atoms. The van der Waals surface area contributed by atoms with E-state index in [1.165, 1.54) is 19.3 Å². The van der Waals surface area contributed by atoms with Gasteiger partial charge < -0.3 is 15.4 Å². The second-order valence-corrected chi connectivity index (χ2v) is 7.61. The average molecular weight is 360 g/mol. The summed E-state index contributed by atoms with van der Waals surface area (Å²) in [6, 6.07) is 7.71. The van der Waals surface area contributed by atoms with Crippen molar-refractivity contribution in [3.05, 3.63) is 29.8 Å². The molecule has 2 amide bonds. The summed E-state index contributed by atoms with van der Waals surface area (Å²) in [5.74, 6) is 1.63. The van der Waals surface area contributed by atoms with Gasteiger partial charge in [-0.25, -0.2) is 0 Å². The van der Waals surface area contributed by atoms with E-state index in [2.05, 4.69) is 24.5 Å². The molecule has 2 N–H and O–H groups in total. The van der Waals surface area contributed by atoms with Crippen LogP contribution in [-0.4, -0.2) is 25.0 Å². The van der Waals surface area contributed by atoms with Crippen molar-refractivity contribution >= 4 is 11.8 Å². The molecule has 0 bridgehead atoms. The van der Waals surface area contributed by atoms with Crippen molar-refractivity contribution in [2.24, 2.45) is 11.8 Å². The van der Waals surface area contributed by atoms with E-state index in [1.807, 2.05) is 24.3 Å². The van der Waals surface area contributed by atoms with Crippen molar-refractivity contribution in [2.75, 3.05) is 13.2 Å². The lowest BCUT2D eigenvalue weighted by Gasteiger charge is -2.20. The predicted molar refractivity (Wildman–Crippen MR) is 103 cm³/mol. The summed E-state index contributed by atoms with van der Waals surface area (Å²) < 4.78 is 5.64. The lowest BCUT2D eigenvalue weighted by molar-refractivity contribution is -0.126. The van der Waals surface area contributed by atoms with E-state index in [0.29, 0.717) is 31.4 Å². The Morgan fingerprint density at radius 3 is 2.38 bits per heavy atom. The topological polar surface area (TPSA) is 67.4 Å². The first-order valence-corrected chi connectivity index (χ1v) is 9.78. The molecule has 0 saturated heterocycles. The number of rotatable bonds is 9. The van der Waals surface area contributed by atoms with Gasteiger partial charge >= 0.3 is 0 Å². The summed E-state index contributed by atoms with van der Waals surface area (Å²) >= 11 is 0. The molecular formula is C21H32N2O3. The Morgan fingerprint density at radius 2 is 1.73 bits per heavy atom. The van der Waals surface area contributed by atoms with Crippen LogP contribution < -0.4 is 15.4 Å². The van der Waals surface area contributed by atoms with Crippen LogP contribution in [0.3, 0.4) is 0 Å². The summed E-state index contributed by atoms with van der Waals surface area (Å²) in [6.07, 6.45) is 6.54. The average Bonchev–Trinajstić information content (AvgIpc) is 2.64. The molecule has 0 atom stereocenters. The molecule has 1 aromatic rings. The zero-order valence-electron chi connectivity index (χ0n) is 16.1. The predicted octanol–water partition coefficient (Wildman–Crippen LogP) is 3.42. The lowest BCUT2D eigenvalue weighted by atomic mass is 9.87.